The third-order valence-electron chi connectivity index (χ3n) is 2.43. The Balaban J connectivity index is 2.84. The lowest BCUT2D eigenvalue weighted by atomic mass is 10.0. The fourth-order valence-electron chi connectivity index (χ4n) is 1.57. The molecule has 1 radical (unpaired) electrons. The fraction of sp³-hybridized carbons (Fsp3) is 0.462. The molecule has 0 aliphatic heterocycles. The Morgan fingerprint density at radius 1 is 1.40 bits per heavy atom. The summed E-state index contributed by atoms with van der Waals surface area (Å²) in [7, 11) is 0. The molecule has 0 aromatic heterocycles. The number of halogens is 1. The van der Waals surface area contributed by atoms with E-state index in [1.807, 2.05) is 6.07 Å². The van der Waals surface area contributed by atoms with E-state index in [1.54, 1.807) is 6.07 Å². The van der Waals surface area contributed by atoms with Gasteiger partial charge in [-0.3, -0.25) is 0 Å². The molecule has 83 valence electrons. The number of aryl methyl sites for hydroxylation is 1. The monoisotopic (exact) mass is 209 g/mol. The van der Waals surface area contributed by atoms with Crippen LogP contribution in [0.2, 0.25) is 0 Å². The van der Waals surface area contributed by atoms with Crippen LogP contribution in [0.3, 0.4) is 0 Å². The number of phenols is 1. The molecule has 0 heterocycles. The van der Waals surface area contributed by atoms with Gasteiger partial charge in [0.25, 0.3) is 0 Å². The molecule has 0 amide bonds. The first kappa shape index (κ1) is 12.0. The van der Waals surface area contributed by atoms with E-state index in [0.717, 1.165) is 24.8 Å². The van der Waals surface area contributed by atoms with Crippen molar-refractivity contribution < 1.29 is 9.50 Å². The number of hydrogen-bond donors (Lipinski definition) is 1. The lowest BCUT2D eigenvalue weighted by molar-refractivity contribution is 0.344. The fourth-order valence-corrected chi connectivity index (χ4v) is 1.57. The molecule has 0 aliphatic rings. The minimum absolute atomic E-state index is 0.148. The smallest absolute Gasteiger partial charge is 0.125 e. The summed E-state index contributed by atoms with van der Waals surface area (Å²) in [6, 6.07) is 5.01. The van der Waals surface area contributed by atoms with E-state index in [1.165, 1.54) is 6.07 Å². The maximum atomic E-state index is 13.4. The minimum Gasteiger partial charge on any atom is -0.508 e. The van der Waals surface area contributed by atoms with Gasteiger partial charge in [0.2, 0.25) is 0 Å². The highest BCUT2D eigenvalue weighted by molar-refractivity contribution is 5.34. The van der Waals surface area contributed by atoms with Crippen molar-refractivity contribution in [3.63, 3.8) is 0 Å². The number of aromatic hydroxyl groups is 1. The van der Waals surface area contributed by atoms with Crippen molar-refractivity contribution in [1.82, 2.24) is 0 Å². The second-order valence-electron chi connectivity index (χ2n) is 3.79. The first-order chi connectivity index (χ1) is 7.17. The van der Waals surface area contributed by atoms with Gasteiger partial charge in [-0.1, -0.05) is 26.3 Å². The zero-order valence-electron chi connectivity index (χ0n) is 9.17. The summed E-state index contributed by atoms with van der Waals surface area (Å²) in [4.78, 5) is 0. The standard InChI is InChI=1S/C13H18FO/c1-3-5-6-10-7-11(13(14)4-2)9-12(15)8-10/h7-9,13,15H,2-6H2,1H3. The maximum Gasteiger partial charge on any atom is 0.125 e. The Labute approximate surface area is 90.9 Å². The summed E-state index contributed by atoms with van der Waals surface area (Å²) in [6.45, 7) is 5.64. The number of rotatable bonds is 5. The molecule has 1 aromatic carbocycles. The van der Waals surface area contributed by atoms with Crippen LogP contribution in [0.4, 0.5) is 4.39 Å². The molecule has 15 heavy (non-hydrogen) atoms. The molecule has 1 rings (SSSR count). The van der Waals surface area contributed by atoms with Gasteiger partial charge in [-0.15, -0.1) is 0 Å². The Hall–Kier alpha value is -1.05. The van der Waals surface area contributed by atoms with Gasteiger partial charge in [-0.25, -0.2) is 4.39 Å². The molecule has 0 spiro atoms. The SMILES string of the molecule is [CH2]CC(F)c1cc(O)cc(CCCC)c1. The van der Waals surface area contributed by atoms with Gasteiger partial charge in [-0.2, -0.15) is 0 Å². The molecule has 1 N–H and O–H groups in total. The molecule has 1 nitrogen and oxygen atoms in total. The first-order valence-electron chi connectivity index (χ1n) is 5.43. The number of alkyl halides is 1. The van der Waals surface area contributed by atoms with E-state index < -0.39 is 6.17 Å². The predicted octanol–water partition coefficient (Wildman–Crippen LogP) is 3.97. The molecule has 2 heteroatoms. The predicted molar refractivity (Wildman–Crippen MR) is 60.5 cm³/mol. The summed E-state index contributed by atoms with van der Waals surface area (Å²) in [6.07, 6.45) is 2.18. The van der Waals surface area contributed by atoms with Crippen molar-refractivity contribution in [2.75, 3.05) is 0 Å². The van der Waals surface area contributed by atoms with Crippen molar-refractivity contribution in [2.45, 2.75) is 38.8 Å². The number of hydrogen-bond acceptors (Lipinski definition) is 1. The summed E-state index contributed by atoms with van der Waals surface area (Å²) >= 11 is 0. The molecule has 1 atom stereocenters. The van der Waals surface area contributed by atoms with Crippen LogP contribution in [0.5, 0.6) is 5.75 Å². The van der Waals surface area contributed by atoms with Gasteiger partial charge >= 0.3 is 0 Å². The van der Waals surface area contributed by atoms with Gasteiger partial charge in [0.05, 0.1) is 0 Å². The molecular formula is C13H18FO. The highest BCUT2D eigenvalue weighted by Crippen LogP contribution is 2.26. The second-order valence-corrected chi connectivity index (χ2v) is 3.79. The van der Waals surface area contributed by atoms with Crippen LogP contribution in [0, 0.1) is 6.92 Å². The quantitative estimate of drug-likeness (QED) is 0.778. The zero-order chi connectivity index (χ0) is 11.3. The highest BCUT2D eigenvalue weighted by Gasteiger charge is 2.09. The second kappa shape index (κ2) is 5.74. The Morgan fingerprint density at radius 3 is 2.73 bits per heavy atom. The van der Waals surface area contributed by atoms with E-state index in [0.29, 0.717) is 5.56 Å². The van der Waals surface area contributed by atoms with E-state index in [-0.39, 0.29) is 12.2 Å². The van der Waals surface area contributed by atoms with E-state index in [9.17, 15) is 9.50 Å². The Kier molecular flexibility index (Phi) is 4.60. The lowest BCUT2D eigenvalue weighted by Gasteiger charge is -2.09. The molecule has 0 fully saturated rings. The topological polar surface area (TPSA) is 20.2 Å². The first-order valence-corrected chi connectivity index (χ1v) is 5.43. The normalized spacial score (nSPS) is 12.7. The number of phenolic OH excluding ortho intramolecular Hbond substituents is 1. The average Bonchev–Trinajstić information content (AvgIpc) is 2.24. The van der Waals surface area contributed by atoms with Gasteiger partial charge in [0.15, 0.2) is 0 Å². The molecule has 0 saturated carbocycles. The van der Waals surface area contributed by atoms with Crippen molar-refractivity contribution in [1.29, 1.82) is 0 Å². The lowest BCUT2D eigenvalue weighted by Crippen LogP contribution is -1.93. The van der Waals surface area contributed by atoms with Crippen LogP contribution in [0.25, 0.3) is 0 Å². The molecule has 1 aromatic rings. The van der Waals surface area contributed by atoms with Gasteiger partial charge in [0.1, 0.15) is 11.9 Å². The largest absolute Gasteiger partial charge is 0.508 e. The van der Waals surface area contributed by atoms with E-state index >= 15 is 0 Å². The van der Waals surface area contributed by atoms with Crippen LogP contribution < -0.4 is 0 Å². The minimum atomic E-state index is -1.07. The molecule has 0 saturated heterocycles. The van der Waals surface area contributed by atoms with E-state index in [2.05, 4.69) is 13.8 Å². The molecular weight excluding hydrogens is 191 g/mol. The molecule has 0 bridgehead atoms. The van der Waals surface area contributed by atoms with Crippen LogP contribution in [0.15, 0.2) is 18.2 Å². The van der Waals surface area contributed by atoms with Crippen molar-refractivity contribution in [3.05, 3.63) is 36.2 Å². The average molecular weight is 209 g/mol. The summed E-state index contributed by atoms with van der Waals surface area (Å²) < 4.78 is 13.4. The van der Waals surface area contributed by atoms with E-state index in [4.69, 9.17) is 0 Å². The summed E-state index contributed by atoms with van der Waals surface area (Å²) in [5, 5.41) is 9.45. The summed E-state index contributed by atoms with van der Waals surface area (Å²) in [5.41, 5.74) is 1.54. The van der Waals surface area contributed by atoms with Gasteiger partial charge in [-0.05, 0) is 42.5 Å². The Morgan fingerprint density at radius 2 is 2.13 bits per heavy atom. The van der Waals surface area contributed by atoms with Crippen molar-refractivity contribution in [3.8, 4) is 5.75 Å². The van der Waals surface area contributed by atoms with Crippen LogP contribution in [-0.4, -0.2) is 5.11 Å². The maximum absolute atomic E-state index is 13.4. The zero-order valence-corrected chi connectivity index (χ0v) is 9.17. The number of unbranched alkanes of at least 4 members (excludes halogenated alkanes) is 1. The van der Waals surface area contributed by atoms with Crippen molar-refractivity contribution >= 4 is 0 Å². The van der Waals surface area contributed by atoms with Crippen molar-refractivity contribution in [2.24, 2.45) is 0 Å². The third-order valence-corrected chi connectivity index (χ3v) is 2.43. The molecule has 0 aliphatic carbocycles. The third kappa shape index (κ3) is 3.54. The summed E-state index contributed by atoms with van der Waals surface area (Å²) in [5.74, 6) is 0.148. The van der Waals surface area contributed by atoms with Gasteiger partial charge in [0, 0.05) is 0 Å². The number of benzene rings is 1. The van der Waals surface area contributed by atoms with Crippen LogP contribution in [0.1, 0.15) is 43.5 Å². The van der Waals surface area contributed by atoms with Crippen LogP contribution in [-0.2, 0) is 6.42 Å². The Bertz CT molecular complexity index is 309. The molecule has 1 unspecified atom stereocenters. The van der Waals surface area contributed by atoms with Crippen LogP contribution >= 0.6 is 0 Å². The highest BCUT2D eigenvalue weighted by atomic mass is 19.1. The van der Waals surface area contributed by atoms with Gasteiger partial charge < -0.3 is 5.11 Å².